The van der Waals surface area contributed by atoms with Gasteiger partial charge in [0.2, 0.25) is 0 Å². The molecule has 20 heavy (non-hydrogen) atoms. The Morgan fingerprint density at radius 1 is 0.600 bits per heavy atom. The zero-order chi connectivity index (χ0) is 14.9. The molecule has 0 aliphatic carbocycles. The summed E-state index contributed by atoms with van der Waals surface area (Å²) in [6.07, 6.45) is 0. The molecule has 0 unspecified atom stereocenters. The van der Waals surface area contributed by atoms with Crippen LogP contribution in [0.3, 0.4) is 0 Å². The highest BCUT2D eigenvalue weighted by Crippen LogP contribution is 2.30. The molecule has 0 heterocycles. The van der Waals surface area contributed by atoms with E-state index in [9.17, 15) is 0 Å². The lowest BCUT2D eigenvalue weighted by molar-refractivity contribution is 0.787. The number of benzene rings is 2. The molecule has 1 nitrogen and oxygen atoms in total. The van der Waals surface area contributed by atoms with Crippen LogP contribution in [0, 0.1) is 27.7 Å². The molecule has 0 bridgehead atoms. The molecule has 2 rings (SSSR count). The molecular formula is C19H25N. The second kappa shape index (κ2) is 5.70. The zero-order valence-electron chi connectivity index (χ0n) is 13.5. The minimum Gasteiger partial charge on any atom is -0.339 e. The minimum absolute atomic E-state index is 0.428. The van der Waals surface area contributed by atoms with E-state index in [4.69, 9.17) is 0 Å². The molecule has 0 aliphatic rings. The van der Waals surface area contributed by atoms with Crippen LogP contribution in [0.1, 0.15) is 36.1 Å². The van der Waals surface area contributed by atoms with Crippen LogP contribution in [0.25, 0.3) is 0 Å². The van der Waals surface area contributed by atoms with Crippen molar-refractivity contribution in [3.63, 3.8) is 0 Å². The molecule has 0 N–H and O–H groups in total. The van der Waals surface area contributed by atoms with Crippen molar-refractivity contribution in [2.45, 2.75) is 47.6 Å². The molecule has 0 spiro atoms. The maximum atomic E-state index is 2.42. The van der Waals surface area contributed by atoms with Crippen molar-refractivity contribution < 1.29 is 0 Å². The van der Waals surface area contributed by atoms with Crippen molar-refractivity contribution in [1.29, 1.82) is 0 Å². The Labute approximate surface area is 123 Å². The van der Waals surface area contributed by atoms with E-state index in [-0.39, 0.29) is 0 Å². The average molecular weight is 267 g/mol. The summed E-state index contributed by atoms with van der Waals surface area (Å²) >= 11 is 0. The molecule has 0 saturated heterocycles. The fraction of sp³-hybridized carbons (Fsp3) is 0.368. The van der Waals surface area contributed by atoms with Crippen LogP contribution in [0.15, 0.2) is 36.4 Å². The monoisotopic (exact) mass is 267 g/mol. The molecule has 0 radical (unpaired) electrons. The first kappa shape index (κ1) is 14.6. The Bertz CT molecular complexity index is 519. The van der Waals surface area contributed by atoms with Crippen molar-refractivity contribution in [1.82, 2.24) is 0 Å². The van der Waals surface area contributed by atoms with E-state index in [1.165, 1.54) is 33.6 Å². The summed E-state index contributed by atoms with van der Waals surface area (Å²) < 4.78 is 0. The first-order valence-electron chi connectivity index (χ1n) is 7.32. The van der Waals surface area contributed by atoms with Crippen molar-refractivity contribution in [3.05, 3.63) is 58.7 Å². The normalized spacial score (nSPS) is 10.9. The lowest BCUT2D eigenvalue weighted by Gasteiger charge is -2.30. The highest BCUT2D eigenvalue weighted by Gasteiger charge is 2.14. The first-order valence-corrected chi connectivity index (χ1v) is 7.32. The van der Waals surface area contributed by atoms with Crippen LogP contribution in [0.5, 0.6) is 0 Å². The Morgan fingerprint density at radius 3 is 1.15 bits per heavy atom. The molecule has 1 heteroatoms. The average Bonchev–Trinajstić information content (AvgIpc) is 2.25. The quantitative estimate of drug-likeness (QED) is 0.713. The lowest BCUT2D eigenvalue weighted by Crippen LogP contribution is -2.25. The van der Waals surface area contributed by atoms with Crippen LogP contribution in [-0.4, -0.2) is 6.04 Å². The summed E-state index contributed by atoms with van der Waals surface area (Å²) in [5, 5.41) is 0. The van der Waals surface area contributed by atoms with E-state index in [1.807, 2.05) is 0 Å². The number of rotatable bonds is 3. The molecule has 0 aromatic heterocycles. The standard InChI is InChI=1S/C19H25N/c1-13(2)20(18-9-14(3)7-15(4)10-18)19-11-16(5)8-17(6)12-19/h7-13H,1-6H3. The second-order valence-corrected chi connectivity index (χ2v) is 6.16. The minimum atomic E-state index is 0.428. The Morgan fingerprint density at radius 2 is 0.900 bits per heavy atom. The van der Waals surface area contributed by atoms with Gasteiger partial charge in [-0.1, -0.05) is 12.1 Å². The summed E-state index contributed by atoms with van der Waals surface area (Å²) in [5.41, 5.74) is 7.82. The van der Waals surface area contributed by atoms with Crippen molar-refractivity contribution >= 4 is 11.4 Å². The van der Waals surface area contributed by atoms with Gasteiger partial charge in [0.25, 0.3) is 0 Å². The highest BCUT2D eigenvalue weighted by atomic mass is 15.2. The van der Waals surface area contributed by atoms with Crippen LogP contribution in [0.4, 0.5) is 11.4 Å². The van der Waals surface area contributed by atoms with E-state index in [2.05, 4.69) is 82.8 Å². The molecule has 0 amide bonds. The van der Waals surface area contributed by atoms with Gasteiger partial charge in [-0.25, -0.2) is 0 Å². The van der Waals surface area contributed by atoms with Gasteiger partial charge in [0.1, 0.15) is 0 Å². The van der Waals surface area contributed by atoms with E-state index in [0.717, 1.165) is 0 Å². The summed E-state index contributed by atoms with van der Waals surface area (Å²) in [6.45, 7) is 13.1. The predicted octanol–water partition coefficient (Wildman–Crippen LogP) is 5.47. The van der Waals surface area contributed by atoms with Crippen molar-refractivity contribution in [2.75, 3.05) is 4.90 Å². The number of hydrogen-bond acceptors (Lipinski definition) is 1. The summed E-state index contributed by atoms with van der Waals surface area (Å²) in [4.78, 5) is 2.42. The third-order valence-electron chi connectivity index (χ3n) is 3.49. The Hall–Kier alpha value is -1.76. The summed E-state index contributed by atoms with van der Waals surface area (Å²) in [7, 11) is 0. The Kier molecular flexibility index (Phi) is 4.17. The topological polar surface area (TPSA) is 3.24 Å². The molecule has 0 fully saturated rings. The third kappa shape index (κ3) is 3.22. The van der Waals surface area contributed by atoms with Gasteiger partial charge in [-0.3, -0.25) is 0 Å². The number of anilines is 2. The Balaban J connectivity index is 2.56. The van der Waals surface area contributed by atoms with Crippen LogP contribution < -0.4 is 4.90 Å². The van der Waals surface area contributed by atoms with Gasteiger partial charge in [0, 0.05) is 17.4 Å². The van der Waals surface area contributed by atoms with Gasteiger partial charge >= 0.3 is 0 Å². The van der Waals surface area contributed by atoms with E-state index in [1.54, 1.807) is 0 Å². The molecular weight excluding hydrogens is 242 g/mol. The highest BCUT2D eigenvalue weighted by molar-refractivity contribution is 5.66. The number of nitrogens with zero attached hydrogens (tertiary/aromatic N) is 1. The molecule has 0 atom stereocenters. The SMILES string of the molecule is Cc1cc(C)cc(N(c2cc(C)cc(C)c2)C(C)C)c1. The van der Waals surface area contributed by atoms with Gasteiger partial charge in [0.05, 0.1) is 0 Å². The fourth-order valence-electron chi connectivity index (χ4n) is 2.92. The second-order valence-electron chi connectivity index (χ2n) is 6.16. The first-order chi connectivity index (χ1) is 9.36. The number of hydrogen-bond donors (Lipinski definition) is 0. The van der Waals surface area contributed by atoms with E-state index < -0.39 is 0 Å². The van der Waals surface area contributed by atoms with E-state index in [0.29, 0.717) is 6.04 Å². The van der Waals surface area contributed by atoms with Gasteiger partial charge < -0.3 is 4.90 Å². The molecule has 2 aromatic carbocycles. The molecule has 0 aliphatic heterocycles. The van der Waals surface area contributed by atoms with Gasteiger partial charge in [-0.2, -0.15) is 0 Å². The van der Waals surface area contributed by atoms with Crippen molar-refractivity contribution in [2.24, 2.45) is 0 Å². The summed E-state index contributed by atoms with van der Waals surface area (Å²) in [5.74, 6) is 0. The molecule has 0 saturated carbocycles. The molecule has 106 valence electrons. The number of aryl methyl sites for hydroxylation is 4. The maximum Gasteiger partial charge on any atom is 0.0418 e. The van der Waals surface area contributed by atoms with Crippen LogP contribution >= 0.6 is 0 Å². The summed E-state index contributed by atoms with van der Waals surface area (Å²) in [6, 6.07) is 14.0. The van der Waals surface area contributed by atoms with Crippen molar-refractivity contribution in [3.8, 4) is 0 Å². The maximum absolute atomic E-state index is 2.42. The smallest absolute Gasteiger partial charge is 0.0418 e. The van der Waals surface area contributed by atoms with Crippen LogP contribution in [-0.2, 0) is 0 Å². The van der Waals surface area contributed by atoms with Gasteiger partial charge in [0.15, 0.2) is 0 Å². The third-order valence-corrected chi connectivity index (χ3v) is 3.49. The van der Waals surface area contributed by atoms with Crippen LogP contribution in [0.2, 0.25) is 0 Å². The largest absolute Gasteiger partial charge is 0.339 e. The molecule has 2 aromatic rings. The lowest BCUT2D eigenvalue weighted by atomic mass is 10.1. The van der Waals surface area contributed by atoms with Gasteiger partial charge in [-0.15, -0.1) is 0 Å². The fourth-order valence-corrected chi connectivity index (χ4v) is 2.92. The van der Waals surface area contributed by atoms with E-state index >= 15 is 0 Å². The van der Waals surface area contributed by atoms with Gasteiger partial charge in [-0.05, 0) is 88.1 Å². The predicted molar refractivity (Wildman–Crippen MR) is 89.1 cm³/mol. The zero-order valence-corrected chi connectivity index (χ0v) is 13.5.